The molecule has 1 atom stereocenters. The third-order valence-corrected chi connectivity index (χ3v) is 3.79. The Bertz CT molecular complexity index is 374. The highest BCUT2D eigenvalue weighted by molar-refractivity contribution is 9.10. The van der Waals surface area contributed by atoms with Crippen LogP contribution in [-0.2, 0) is 17.8 Å². The molecule has 0 aromatic heterocycles. The maximum Gasteiger partial charge on any atom is 0.144 e. The van der Waals surface area contributed by atoms with Gasteiger partial charge in [-0.25, -0.2) is 0 Å². The van der Waals surface area contributed by atoms with Gasteiger partial charge in [-0.3, -0.25) is 0 Å². The molecular formula is C12H16BrNOS. The van der Waals surface area contributed by atoms with Crippen molar-refractivity contribution >= 4 is 33.5 Å². The summed E-state index contributed by atoms with van der Waals surface area (Å²) in [5.41, 5.74) is 1.16. The molecule has 88 valence electrons. The van der Waals surface area contributed by atoms with Crippen LogP contribution in [0.1, 0.15) is 26.3 Å². The first-order valence-corrected chi connectivity index (χ1v) is 6.98. The van der Waals surface area contributed by atoms with Gasteiger partial charge in [0.2, 0.25) is 0 Å². The first kappa shape index (κ1) is 13.7. The average Bonchev–Trinajstić information content (AvgIpc) is 2.16. The molecule has 0 aliphatic rings. The number of benzene rings is 1. The van der Waals surface area contributed by atoms with Gasteiger partial charge in [0.15, 0.2) is 0 Å². The molecule has 0 aliphatic carbocycles. The summed E-state index contributed by atoms with van der Waals surface area (Å²) in [5.74, 6) is 0. The molecule has 0 unspecified atom stereocenters. The van der Waals surface area contributed by atoms with Crippen molar-refractivity contribution in [3.8, 4) is 0 Å². The van der Waals surface area contributed by atoms with E-state index in [1.54, 1.807) is 6.21 Å². The molecule has 1 rings (SSSR count). The molecule has 0 amide bonds. The normalized spacial score (nSPS) is 14.3. The Kier molecular flexibility index (Phi) is 5.02. The monoisotopic (exact) mass is 301 g/mol. The first-order chi connectivity index (χ1) is 7.39. The van der Waals surface area contributed by atoms with E-state index in [-0.39, 0.29) is 4.75 Å². The largest absolute Gasteiger partial charge is 0.591 e. The number of hydrogen-bond acceptors (Lipinski definition) is 2. The van der Waals surface area contributed by atoms with Crippen LogP contribution in [-0.4, -0.2) is 15.5 Å². The van der Waals surface area contributed by atoms with Crippen molar-refractivity contribution in [3.05, 3.63) is 34.3 Å². The Balaban J connectivity index is 2.55. The molecular weight excluding hydrogens is 286 g/mol. The van der Waals surface area contributed by atoms with Crippen molar-refractivity contribution in [2.24, 2.45) is 4.40 Å². The minimum atomic E-state index is -1.16. The van der Waals surface area contributed by atoms with Crippen molar-refractivity contribution in [1.29, 1.82) is 0 Å². The molecule has 0 heterocycles. The fourth-order valence-corrected chi connectivity index (χ4v) is 2.01. The van der Waals surface area contributed by atoms with Crippen LogP contribution in [0, 0.1) is 0 Å². The van der Waals surface area contributed by atoms with Crippen LogP contribution in [0.3, 0.4) is 0 Å². The molecule has 16 heavy (non-hydrogen) atoms. The summed E-state index contributed by atoms with van der Waals surface area (Å²) in [7, 11) is 0. The Morgan fingerprint density at radius 1 is 1.44 bits per heavy atom. The molecule has 0 aliphatic heterocycles. The predicted molar refractivity (Wildman–Crippen MR) is 74.2 cm³/mol. The van der Waals surface area contributed by atoms with Crippen molar-refractivity contribution in [2.75, 3.05) is 0 Å². The van der Waals surface area contributed by atoms with Gasteiger partial charge in [0.05, 0.1) is 6.21 Å². The Morgan fingerprint density at radius 3 is 2.69 bits per heavy atom. The van der Waals surface area contributed by atoms with Crippen LogP contribution in [0.5, 0.6) is 0 Å². The van der Waals surface area contributed by atoms with Crippen LogP contribution in [0.25, 0.3) is 0 Å². The Hall–Kier alpha value is -0.320. The van der Waals surface area contributed by atoms with Crippen LogP contribution in [0.4, 0.5) is 0 Å². The van der Waals surface area contributed by atoms with E-state index in [4.69, 9.17) is 0 Å². The molecule has 0 bridgehead atoms. The van der Waals surface area contributed by atoms with Gasteiger partial charge in [0, 0.05) is 10.9 Å². The van der Waals surface area contributed by atoms with Gasteiger partial charge >= 0.3 is 0 Å². The maximum absolute atomic E-state index is 11.6. The number of hydrogen-bond donors (Lipinski definition) is 0. The lowest BCUT2D eigenvalue weighted by molar-refractivity contribution is 0.561. The summed E-state index contributed by atoms with van der Waals surface area (Å²) >= 11 is 2.25. The van der Waals surface area contributed by atoms with Crippen molar-refractivity contribution in [2.45, 2.75) is 31.9 Å². The highest BCUT2D eigenvalue weighted by Crippen LogP contribution is 2.17. The van der Waals surface area contributed by atoms with Crippen molar-refractivity contribution < 1.29 is 4.55 Å². The van der Waals surface area contributed by atoms with Crippen molar-refractivity contribution in [3.63, 3.8) is 0 Å². The second kappa shape index (κ2) is 5.84. The van der Waals surface area contributed by atoms with Crippen LogP contribution < -0.4 is 0 Å². The summed E-state index contributed by atoms with van der Waals surface area (Å²) in [6.45, 7) is 5.75. The first-order valence-electron chi connectivity index (χ1n) is 5.08. The number of nitrogens with zero attached hydrogens (tertiary/aromatic N) is 1. The van der Waals surface area contributed by atoms with Gasteiger partial charge in [-0.15, -0.1) is 0 Å². The Morgan fingerprint density at radius 2 is 2.12 bits per heavy atom. The molecule has 0 saturated carbocycles. The molecule has 2 nitrogen and oxygen atoms in total. The molecule has 0 fully saturated rings. The highest BCUT2D eigenvalue weighted by atomic mass is 79.9. The van der Waals surface area contributed by atoms with Crippen molar-refractivity contribution in [1.82, 2.24) is 0 Å². The summed E-state index contributed by atoms with van der Waals surface area (Å²) in [5, 5.41) is 0. The fourth-order valence-electron chi connectivity index (χ4n) is 1.03. The molecule has 0 spiro atoms. The van der Waals surface area contributed by atoms with Gasteiger partial charge < -0.3 is 4.55 Å². The van der Waals surface area contributed by atoms with Gasteiger partial charge in [-0.1, -0.05) is 32.5 Å². The standard InChI is InChI=1S/C12H16BrNOS/c1-12(2,3)16(15)14-8-7-10-5-4-6-11(13)9-10/h4-6,8-9H,7H2,1-3H3/b14-8+/t16-/m1/s1. The van der Waals surface area contributed by atoms with Gasteiger partial charge in [-0.05, 0) is 38.5 Å². The van der Waals surface area contributed by atoms with E-state index in [1.165, 1.54) is 0 Å². The third-order valence-electron chi connectivity index (χ3n) is 1.91. The number of rotatable bonds is 3. The third kappa shape index (κ3) is 4.68. The van der Waals surface area contributed by atoms with E-state index in [0.717, 1.165) is 10.0 Å². The fraction of sp³-hybridized carbons (Fsp3) is 0.417. The summed E-state index contributed by atoms with van der Waals surface area (Å²) in [6, 6.07) is 8.02. The van der Waals surface area contributed by atoms with E-state index in [2.05, 4.69) is 20.3 Å². The number of halogens is 1. The lowest BCUT2D eigenvalue weighted by Crippen LogP contribution is -2.25. The smallest absolute Gasteiger partial charge is 0.144 e. The summed E-state index contributed by atoms with van der Waals surface area (Å²) < 4.78 is 16.4. The second-order valence-corrected chi connectivity index (χ2v) is 7.33. The van der Waals surface area contributed by atoms with E-state index in [0.29, 0.717) is 6.42 Å². The zero-order valence-corrected chi connectivity index (χ0v) is 12.1. The highest BCUT2D eigenvalue weighted by Gasteiger charge is 2.25. The van der Waals surface area contributed by atoms with E-state index in [1.807, 2.05) is 45.0 Å². The van der Waals surface area contributed by atoms with Gasteiger partial charge in [0.1, 0.15) is 16.1 Å². The predicted octanol–water partition coefficient (Wildman–Crippen LogP) is 3.52. The topological polar surface area (TPSA) is 35.4 Å². The lowest BCUT2D eigenvalue weighted by Gasteiger charge is -2.17. The zero-order valence-electron chi connectivity index (χ0n) is 9.74. The second-order valence-electron chi connectivity index (χ2n) is 4.48. The zero-order chi connectivity index (χ0) is 12.2. The van der Waals surface area contributed by atoms with E-state index in [9.17, 15) is 4.55 Å². The summed E-state index contributed by atoms with van der Waals surface area (Å²) in [6.07, 6.45) is 2.43. The van der Waals surface area contributed by atoms with E-state index < -0.39 is 11.4 Å². The minimum Gasteiger partial charge on any atom is -0.591 e. The molecule has 0 saturated heterocycles. The molecule has 0 N–H and O–H groups in total. The van der Waals surface area contributed by atoms with E-state index >= 15 is 0 Å². The lowest BCUT2D eigenvalue weighted by atomic mass is 10.2. The van der Waals surface area contributed by atoms with Crippen LogP contribution in [0.2, 0.25) is 0 Å². The molecule has 1 aromatic carbocycles. The minimum absolute atomic E-state index is 0.284. The molecule has 1 aromatic rings. The van der Waals surface area contributed by atoms with Crippen LogP contribution in [0.15, 0.2) is 33.1 Å². The average molecular weight is 302 g/mol. The quantitative estimate of drug-likeness (QED) is 0.621. The van der Waals surface area contributed by atoms with Gasteiger partial charge in [-0.2, -0.15) is 0 Å². The molecule has 4 heteroatoms. The SMILES string of the molecule is CC(C)(C)[S@@+]([O-])/N=C/Cc1cccc(Br)c1. The Labute approximate surface area is 109 Å². The van der Waals surface area contributed by atoms with Crippen LogP contribution >= 0.6 is 15.9 Å². The maximum atomic E-state index is 11.6. The summed E-state index contributed by atoms with van der Waals surface area (Å²) in [4.78, 5) is 0. The van der Waals surface area contributed by atoms with Gasteiger partial charge in [0.25, 0.3) is 0 Å². The molecule has 0 radical (unpaired) electrons.